The lowest BCUT2D eigenvalue weighted by Gasteiger charge is -2.46. The monoisotopic (exact) mass is 254 g/mol. The highest BCUT2D eigenvalue weighted by atomic mass is 15.2. The van der Waals surface area contributed by atoms with Crippen LogP contribution >= 0.6 is 0 Å². The molecule has 0 aromatic heterocycles. The first kappa shape index (κ1) is 16.0. The minimum Gasteiger partial charge on any atom is -0.314 e. The zero-order valence-corrected chi connectivity index (χ0v) is 13.4. The Bertz CT molecular complexity index is 227. The lowest BCUT2D eigenvalue weighted by molar-refractivity contribution is 0.0484. The number of hydrogen-bond donors (Lipinski definition) is 1. The molecule has 2 heteroatoms. The number of likely N-dealkylation sites (tertiary alicyclic amines) is 1. The molecule has 1 aliphatic rings. The normalized spacial score (nSPS) is 31.8. The van der Waals surface area contributed by atoms with Crippen LogP contribution in [0, 0.1) is 11.8 Å². The zero-order valence-electron chi connectivity index (χ0n) is 13.4. The highest BCUT2D eigenvalue weighted by Crippen LogP contribution is 2.27. The third-order valence-electron chi connectivity index (χ3n) is 4.81. The van der Waals surface area contributed by atoms with E-state index in [9.17, 15) is 0 Å². The first-order valence-corrected chi connectivity index (χ1v) is 7.96. The molecule has 0 spiro atoms. The topological polar surface area (TPSA) is 15.3 Å². The summed E-state index contributed by atoms with van der Waals surface area (Å²) in [6, 6.07) is 2.18. The first-order chi connectivity index (χ1) is 8.47. The molecule has 0 aromatic carbocycles. The quantitative estimate of drug-likeness (QED) is 0.780. The summed E-state index contributed by atoms with van der Waals surface area (Å²) in [5.74, 6) is 1.60. The maximum Gasteiger partial charge on any atom is 0.0120 e. The van der Waals surface area contributed by atoms with Gasteiger partial charge in [0.25, 0.3) is 0 Å². The van der Waals surface area contributed by atoms with Crippen LogP contribution in [0.2, 0.25) is 0 Å². The molecule has 1 fully saturated rings. The molecule has 1 rings (SSSR count). The summed E-state index contributed by atoms with van der Waals surface area (Å²) in [6.07, 6.45) is 4.02. The molecule has 0 bridgehead atoms. The Morgan fingerprint density at radius 3 is 2.39 bits per heavy atom. The Labute approximate surface area is 115 Å². The van der Waals surface area contributed by atoms with Crippen LogP contribution in [0.25, 0.3) is 0 Å². The Morgan fingerprint density at radius 1 is 1.17 bits per heavy atom. The molecule has 1 N–H and O–H groups in total. The molecule has 108 valence electrons. The highest BCUT2D eigenvalue weighted by Gasteiger charge is 2.33. The van der Waals surface area contributed by atoms with Crippen molar-refractivity contribution < 1.29 is 0 Å². The van der Waals surface area contributed by atoms with Crippen molar-refractivity contribution in [3.05, 3.63) is 0 Å². The SMILES string of the molecule is CCNC1CCN(C(C)CCC(C)C)C(C)C1C. The third-order valence-corrected chi connectivity index (χ3v) is 4.81. The largest absolute Gasteiger partial charge is 0.314 e. The highest BCUT2D eigenvalue weighted by molar-refractivity contribution is 4.90. The average molecular weight is 254 g/mol. The van der Waals surface area contributed by atoms with Gasteiger partial charge in [-0.15, -0.1) is 0 Å². The van der Waals surface area contributed by atoms with Gasteiger partial charge in [-0.25, -0.2) is 0 Å². The summed E-state index contributed by atoms with van der Waals surface area (Å²) in [7, 11) is 0. The van der Waals surface area contributed by atoms with Gasteiger partial charge in [0.2, 0.25) is 0 Å². The third kappa shape index (κ3) is 4.24. The summed E-state index contributed by atoms with van der Waals surface area (Å²) in [5.41, 5.74) is 0. The zero-order chi connectivity index (χ0) is 13.7. The summed E-state index contributed by atoms with van der Waals surface area (Å²) in [5, 5.41) is 3.65. The van der Waals surface area contributed by atoms with Gasteiger partial charge in [-0.2, -0.15) is 0 Å². The van der Waals surface area contributed by atoms with Crippen LogP contribution in [-0.2, 0) is 0 Å². The number of nitrogens with zero attached hydrogens (tertiary/aromatic N) is 1. The molecule has 0 saturated carbocycles. The van der Waals surface area contributed by atoms with E-state index < -0.39 is 0 Å². The number of rotatable bonds is 6. The van der Waals surface area contributed by atoms with Crippen molar-refractivity contribution in [2.24, 2.45) is 11.8 Å². The average Bonchev–Trinajstić information content (AvgIpc) is 2.32. The van der Waals surface area contributed by atoms with Gasteiger partial charge < -0.3 is 5.32 Å². The molecule has 0 aliphatic carbocycles. The van der Waals surface area contributed by atoms with Crippen LogP contribution in [0.15, 0.2) is 0 Å². The van der Waals surface area contributed by atoms with Crippen LogP contribution in [0.1, 0.15) is 60.8 Å². The van der Waals surface area contributed by atoms with Gasteiger partial charge in [0, 0.05) is 24.7 Å². The second-order valence-corrected chi connectivity index (χ2v) is 6.61. The predicted molar refractivity (Wildman–Crippen MR) is 80.9 cm³/mol. The molecular formula is C16H34N2. The summed E-state index contributed by atoms with van der Waals surface area (Å²) < 4.78 is 0. The molecule has 0 radical (unpaired) electrons. The van der Waals surface area contributed by atoms with Crippen LogP contribution in [0.3, 0.4) is 0 Å². The standard InChI is InChI=1S/C16H34N2/c1-7-17-16-10-11-18(15(6)14(16)5)13(4)9-8-12(2)3/h12-17H,7-11H2,1-6H3. The van der Waals surface area contributed by atoms with E-state index in [0.717, 1.165) is 30.5 Å². The Hall–Kier alpha value is -0.0800. The van der Waals surface area contributed by atoms with Crippen LogP contribution < -0.4 is 5.32 Å². The van der Waals surface area contributed by atoms with E-state index in [1.165, 1.54) is 25.8 Å². The van der Waals surface area contributed by atoms with Crippen LogP contribution in [-0.4, -0.2) is 36.1 Å². The molecule has 4 atom stereocenters. The van der Waals surface area contributed by atoms with Crippen LogP contribution in [0.4, 0.5) is 0 Å². The molecule has 1 aliphatic heterocycles. The Morgan fingerprint density at radius 2 is 1.83 bits per heavy atom. The first-order valence-electron chi connectivity index (χ1n) is 7.96. The van der Waals surface area contributed by atoms with Crippen molar-refractivity contribution in [3.8, 4) is 0 Å². The predicted octanol–water partition coefficient (Wildman–Crippen LogP) is 3.52. The van der Waals surface area contributed by atoms with Gasteiger partial charge in [0.15, 0.2) is 0 Å². The van der Waals surface area contributed by atoms with E-state index in [0.29, 0.717) is 6.04 Å². The van der Waals surface area contributed by atoms with Crippen molar-refractivity contribution in [2.45, 2.75) is 78.9 Å². The molecule has 2 nitrogen and oxygen atoms in total. The van der Waals surface area contributed by atoms with Crippen molar-refractivity contribution in [3.63, 3.8) is 0 Å². The number of hydrogen-bond acceptors (Lipinski definition) is 2. The maximum absolute atomic E-state index is 3.65. The molecule has 18 heavy (non-hydrogen) atoms. The number of nitrogens with one attached hydrogen (secondary N) is 1. The molecule has 4 unspecified atom stereocenters. The van der Waals surface area contributed by atoms with E-state index in [4.69, 9.17) is 0 Å². The lowest BCUT2D eigenvalue weighted by atomic mass is 9.85. The van der Waals surface area contributed by atoms with E-state index in [1.807, 2.05) is 0 Å². The fourth-order valence-corrected chi connectivity index (χ4v) is 3.31. The summed E-state index contributed by atoms with van der Waals surface area (Å²) in [6.45, 7) is 16.5. The molecule has 0 aromatic rings. The maximum atomic E-state index is 3.65. The summed E-state index contributed by atoms with van der Waals surface area (Å²) in [4.78, 5) is 2.74. The molecule has 1 saturated heterocycles. The Kier molecular flexibility index (Phi) is 6.65. The van der Waals surface area contributed by atoms with Gasteiger partial charge in [-0.3, -0.25) is 4.90 Å². The van der Waals surface area contributed by atoms with Crippen molar-refractivity contribution >= 4 is 0 Å². The second kappa shape index (κ2) is 7.49. The van der Waals surface area contributed by atoms with Crippen molar-refractivity contribution in [2.75, 3.05) is 13.1 Å². The van der Waals surface area contributed by atoms with E-state index >= 15 is 0 Å². The Balaban J connectivity index is 2.48. The van der Waals surface area contributed by atoms with E-state index in [2.05, 4.69) is 51.8 Å². The molecule has 0 amide bonds. The summed E-state index contributed by atoms with van der Waals surface area (Å²) >= 11 is 0. The van der Waals surface area contributed by atoms with Crippen LogP contribution in [0.5, 0.6) is 0 Å². The minimum absolute atomic E-state index is 0.713. The van der Waals surface area contributed by atoms with Gasteiger partial charge in [-0.05, 0) is 51.5 Å². The molecule has 1 heterocycles. The van der Waals surface area contributed by atoms with Crippen molar-refractivity contribution in [1.82, 2.24) is 10.2 Å². The van der Waals surface area contributed by atoms with Gasteiger partial charge >= 0.3 is 0 Å². The lowest BCUT2D eigenvalue weighted by Crippen LogP contribution is -2.55. The minimum atomic E-state index is 0.713. The molecular weight excluding hydrogens is 220 g/mol. The van der Waals surface area contributed by atoms with Gasteiger partial charge in [0.05, 0.1) is 0 Å². The van der Waals surface area contributed by atoms with E-state index in [1.54, 1.807) is 0 Å². The number of piperidine rings is 1. The smallest absolute Gasteiger partial charge is 0.0120 e. The fourth-order valence-electron chi connectivity index (χ4n) is 3.31. The van der Waals surface area contributed by atoms with Crippen molar-refractivity contribution in [1.29, 1.82) is 0 Å². The fraction of sp³-hybridized carbons (Fsp3) is 1.00. The second-order valence-electron chi connectivity index (χ2n) is 6.61. The van der Waals surface area contributed by atoms with E-state index in [-0.39, 0.29) is 0 Å². The van der Waals surface area contributed by atoms with Gasteiger partial charge in [0.1, 0.15) is 0 Å². The van der Waals surface area contributed by atoms with Gasteiger partial charge in [-0.1, -0.05) is 27.7 Å².